The van der Waals surface area contributed by atoms with E-state index in [1.807, 2.05) is 31.5 Å². The average Bonchev–Trinajstić information content (AvgIpc) is 2.67. The van der Waals surface area contributed by atoms with Crippen LogP contribution in [0.4, 0.5) is 0 Å². The number of halogens is 1. The van der Waals surface area contributed by atoms with E-state index in [0.717, 1.165) is 21.2 Å². The Morgan fingerprint density at radius 1 is 1.22 bits per heavy atom. The zero-order valence-electron chi connectivity index (χ0n) is 15.2. The van der Waals surface area contributed by atoms with Crippen LogP contribution in [0.3, 0.4) is 0 Å². The molecule has 0 atom stereocenters. The van der Waals surface area contributed by atoms with Crippen LogP contribution in [0.5, 0.6) is 11.5 Å². The van der Waals surface area contributed by atoms with E-state index in [-0.39, 0.29) is 5.75 Å². The molecule has 6 heteroatoms. The highest BCUT2D eigenvalue weighted by Gasteiger charge is 2.11. The molecule has 3 rings (SSSR count). The van der Waals surface area contributed by atoms with Crippen molar-refractivity contribution >= 4 is 27.7 Å². The Morgan fingerprint density at radius 3 is 2.93 bits per heavy atom. The first kappa shape index (κ1) is 19.5. The van der Waals surface area contributed by atoms with Crippen molar-refractivity contribution in [1.82, 2.24) is 5.32 Å². The van der Waals surface area contributed by atoms with Crippen molar-refractivity contribution in [3.05, 3.63) is 63.8 Å². The Bertz CT molecular complexity index is 849. The molecule has 0 aliphatic carbocycles. The SMILES string of the molecule is CCOCCOc1ccc(CNC=C2CN=Cc3ccc(Br)cc32)cc1O. The second kappa shape index (κ2) is 9.58. The van der Waals surface area contributed by atoms with Gasteiger partial charge in [-0.15, -0.1) is 0 Å². The highest BCUT2D eigenvalue weighted by Crippen LogP contribution is 2.27. The lowest BCUT2D eigenvalue weighted by Crippen LogP contribution is -2.10. The molecule has 1 aliphatic rings. The van der Waals surface area contributed by atoms with Crippen molar-refractivity contribution in [3.8, 4) is 11.5 Å². The topological polar surface area (TPSA) is 63.1 Å². The van der Waals surface area contributed by atoms with E-state index < -0.39 is 0 Å². The van der Waals surface area contributed by atoms with Crippen LogP contribution in [0.25, 0.3) is 5.57 Å². The second-order valence-electron chi connectivity index (χ2n) is 6.10. The summed E-state index contributed by atoms with van der Waals surface area (Å²) < 4.78 is 11.8. The van der Waals surface area contributed by atoms with Crippen LogP contribution in [-0.4, -0.2) is 37.7 Å². The van der Waals surface area contributed by atoms with Gasteiger partial charge in [0.05, 0.1) is 13.2 Å². The van der Waals surface area contributed by atoms with Gasteiger partial charge in [0.25, 0.3) is 0 Å². The molecular formula is C21H23BrN2O3. The summed E-state index contributed by atoms with van der Waals surface area (Å²) in [4.78, 5) is 4.41. The van der Waals surface area contributed by atoms with Gasteiger partial charge in [-0.05, 0) is 53.5 Å². The van der Waals surface area contributed by atoms with E-state index in [9.17, 15) is 5.11 Å². The van der Waals surface area contributed by atoms with Crippen LogP contribution in [0.2, 0.25) is 0 Å². The van der Waals surface area contributed by atoms with Crippen LogP contribution in [0, 0.1) is 0 Å². The lowest BCUT2D eigenvalue weighted by Gasteiger charge is -2.15. The predicted molar refractivity (Wildman–Crippen MR) is 112 cm³/mol. The molecule has 2 aromatic carbocycles. The second-order valence-corrected chi connectivity index (χ2v) is 7.01. The Labute approximate surface area is 167 Å². The highest BCUT2D eigenvalue weighted by atomic mass is 79.9. The molecule has 0 unspecified atom stereocenters. The van der Waals surface area contributed by atoms with Gasteiger partial charge in [-0.1, -0.05) is 28.1 Å². The van der Waals surface area contributed by atoms with Crippen LogP contribution >= 0.6 is 15.9 Å². The number of fused-ring (bicyclic) bond motifs is 1. The zero-order valence-corrected chi connectivity index (χ0v) is 16.8. The molecule has 0 amide bonds. The summed E-state index contributed by atoms with van der Waals surface area (Å²) in [5.41, 5.74) is 4.39. The number of phenolic OH excluding ortho intramolecular Hbond substituents is 1. The Hall–Kier alpha value is -2.31. The fourth-order valence-electron chi connectivity index (χ4n) is 2.81. The summed E-state index contributed by atoms with van der Waals surface area (Å²) in [7, 11) is 0. The maximum absolute atomic E-state index is 10.1. The number of benzene rings is 2. The van der Waals surface area contributed by atoms with E-state index in [1.54, 1.807) is 12.1 Å². The number of nitrogens with one attached hydrogen (secondary N) is 1. The van der Waals surface area contributed by atoms with Gasteiger partial charge in [0.1, 0.15) is 6.61 Å². The molecule has 2 aromatic rings. The van der Waals surface area contributed by atoms with Gasteiger partial charge >= 0.3 is 0 Å². The first-order valence-electron chi connectivity index (χ1n) is 8.92. The molecule has 0 aromatic heterocycles. The van der Waals surface area contributed by atoms with Crippen molar-refractivity contribution in [2.24, 2.45) is 4.99 Å². The molecule has 2 N–H and O–H groups in total. The van der Waals surface area contributed by atoms with Crippen molar-refractivity contribution in [3.63, 3.8) is 0 Å². The maximum Gasteiger partial charge on any atom is 0.161 e. The van der Waals surface area contributed by atoms with Crippen molar-refractivity contribution in [2.75, 3.05) is 26.4 Å². The molecule has 0 saturated carbocycles. The van der Waals surface area contributed by atoms with Gasteiger partial charge in [0.15, 0.2) is 11.5 Å². The summed E-state index contributed by atoms with van der Waals surface area (Å²) in [6, 6.07) is 11.6. The van der Waals surface area contributed by atoms with Crippen molar-refractivity contribution in [2.45, 2.75) is 13.5 Å². The number of phenols is 1. The lowest BCUT2D eigenvalue weighted by atomic mass is 9.99. The third kappa shape index (κ3) is 5.34. The fourth-order valence-corrected chi connectivity index (χ4v) is 3.17. The molecule has 27 heavy (non-hydrogen) atoms. The molecule has 5 nitrogen and oxygen atoms in total. The number of ether oxygens (including phenoxy) is 2. The van der Waals surface area contributed by atoms with E-state index in [1.165, 1.54) is 5.56 Å². The normalized spacial score (nSPS) is 14.2. The third-order valence-corrected chi connectivity index (χ3v) is 4.64. The minimum absolute atomic E-state index is 0.134. The van der Waals surface area contributed by atoms with Gasteiger partial charge in [0, 0.05) is 30.0 Å². The smallest absolute Gasteiger partial charge is 0.161 e. The number of nitrogens with zero attached hydrogens (tertiary/aromatic N) is 1. The molecule has 0 spiro atoms. The lowest BCUT2D eigenvalue weighted by molar-refractivity contribution is 0.109. The Morgan fingerprint density at radius 2 is 2.11 bits per heavy atom. The number of hydrogen-bond acceptors (Lipinski definition) is 5. The first-order chi connectivity index (χ1) is 13.2. The van der Waals surface area contributed by atoms with Crippen LogP contribution in [-0.2, 0) is 11.3 Å². The summed E-state index contributed by atoms with van der Waals surface area (Å²) in [6.07, 6.45) is 3.90. The number of aromatic hydroxyl groups is 1. The van der Waals surface area contributed by atoms with Gasteiger partial charge in [-0.3, -0.25) is 4.99 Å². The Kier molecular flexibility index (Phi) is 6.90. The zero-order chi connectivity index (χ0) is 19.1. The fraction of sp³-hybridized carbons (Fsp3) is 0.286. The first-order valence-corrected chi connectivity index (χ1v) is 9.71. The summed E-state index contributed by atoms with van der Waals surface area (Å²) in [6.45, 7) is 4.76. The van der Waals surface area contributed by atoms with Gasteiger partial charge in [-0.25, -0.2) is 0 Å². The minimum atomic E-state index is 0.134. The summed E-state index contributed by atoms with van der Waals surface area (Å²) >= 11 is 3.52. The third-order valence-electron chi connectivity index (χ3n) is 4.15. The standard InChI is InChI=1S/C21H23BrN2O3/c1-2-26-7-8-27-21-6-3-15(9-20(21)25)11-23-13-17-14-24-12-16-4-5-18(22)10-19(16)17/h3-6,9-10,12-13,23,25H,2,7-8,11,14H2,1H3. The number of aliphatic imine (C=N–C) groups is 1. The van der Waals surface area contributed by atoms with E-state index in [0.29, 0.717) is 38.7 Å². The minimum Gasteiger partial charge on any atom is -0.504 e. The monoisotopic (exact) mass is 430 g/mol. The van der Waals surface area contributed by atoms with Crippen LogP contribution < -0.4 is 10.1 Å². The maximum atomic E-state index is 10.1. The van der Waals surface area contributed by atoms with E-state index in [2.05, 4.69) is 38.4 Å². The molecule has 142 valence electrons. The quantitative estimate of drug-likeness (QED) is 0.617. The van der Waals surface area contributed by atoms with Crippen molar-refractivity contribution < 1.29 is 14.6 Å². The average molecular weight is 431 g/mol. The molecule has 0 saturated heterocycles. The van der Waals surface area contributed by atoms with Crippen LogP contribution in [0.15, 0.2) is 52.1 Å². The molecule has 0 bridgehead atoms. The number of hydrogen-bond donors (Lipinski definition) is 2. The van der Waals surface area contributed by atoms with E-state index >= 15 is 0 Å². The van der Waals surface area contributed by atoms with Crippen molar-refractivity contribution in [1.29, 1.82) is 0 Å². The summed E-state index contributed by atoms with van der Waals surface area (Å²) in [5, 5.41) is 13.4. The van der Waals surface area contributed by atoms with Gasteiger partial charge in [-0.2, -0.15) is 0 Å². The molecule has 1 aliphatic heterocycles. The van der Waals surface area contributed by atoms with Crippen LogP contribution in [0.1, 0.15) is 23.6 Å². The molecular weight excluding hydrogens is 408 g/mol. The Balaban J connectivity index is 1.59. The summed E-state index contributed by atoms with van der Waals surface area (Å²) in [5.74, 6) is 0.604. The molecule has 1 heterocycles. The molecule has 0 radical (unpaired) electrons. The highest BCUT2D eigenvalue weighted by molar-refractivity contribution is 9.10. The predicted octanol–water partition coefficient (Wildman–Crippen LogP) is 4.13. The van der Waals surface area contributed by atoms with Gasteiger partial charge < -0.3 is 19.9 Å². The molecule has 0 fully saturated rings. The van der Waals surface area contributed by atoms with E-state index in [4.69, 9.17) is 9.47 Å². The van der Waals surface area contributed by atoms with Gasteiger partial charge in [0.2, 0.25) is 0 Å². The number of rotatable bonds is 8. The largest absolute Gasteiger partial charge is 0.504 e.